The van der Waals surface area contributed by atoms with Gasteiger partial charge in [0.05, 0.1) is 17.6 Å². The van der Waals surface area contributed by atoms with Crippen molar-refractivity contribution < 1.29 is 4.79 Å². The van der Waals surface area contributed by atoms with E-state index in [1.165, 1.54) is 0 Å². The van der Waals surface area contributed by atoms with Gasteiger partial charge in [-0.2, -0.15) is 0 Å². The van der Waals surface area contributed by atoms with Crippen LogP contribution >= 0.6 is 11.6 Å². The Bertz CT molecular complexity index is 870. The zero-order chi connectivity index (χ0) is 16.4. The smallest absolute Gasteiger partial charge is 0.248 e. The average molecular weight is 328 g/mol. The Morgan fingerprint density at radius 1 is 1.26 bits per heavy atom. The van der Waals surface area contributed by atoms with Gasteiger partial charge in [0.1, 0.15) is 5.82 Å². The number of aryl methyl sites for hydroxylation is 1. The summed E-state index contributed by atoms with van der Waals surface area (Å²) in [6.45, 7) is 2.74. The summed E-state index contributed by atoms with van der Waals surface area (Å²) in [5, 5.41) is 0.725. The van der Waals surface area contributed by atoms with Crippen LogP contribution in [0.2, 0.25) is 5.02 Å². The fourth-order valence-corrected chi connectivity index (χ4v) is 2.91. The maximum absolute atomic E-state index is 11.5. The topological polar surface area (TPSA) is 60.9 Å². The third kappa shape index (κ3) is 3.08. The summed E-state index contributed by atoms with van der Waals surface area (Å²) in [7, 11) is 0. The second-order valence-corrected chi connectivity index (χ2v) is 5.93. The van der Waals surface area contributed by atoms with Gasteiger partial charge in [-0.1, -0.05) is 36.7 Å². The first-order chi connectivity index (χ1) is 11.1. The molecule has 0 saturated carbocycles. The van der Waals surface area contributed by atoms with Crippen molar-refractivity contribution in [3.8, 4) is 0 Å². The first-order valence-corrected chi connectivity index (χ1v) is 8.00. The molecule has 3 rings (SSSR count). The van der Waals surface area contributed by atoms with Crippen LogP contribution in [-0.2, 0) is 13.0 Å². The minimum Gasteiger partial charge on any atom is -0.366 e. The Morgan fingerprint density at radius 3 is 2.74 bits per heavy atom. The summed E-state index contributed by atoms with van der Waals surface area (Å²) in [6, 6.07) is 13.1. The van der Waals surface area contributed by atoms with E-state index in [2.05, 4.69) is 11.5 Å². The molecule has 0 aliphatic rings. The fraction of sp³-hybridized carbons (Fsp3) is 0.222. The number of fused-ring (bicyclic) bond motifs is 1. The lowest BCUT2D eigenvalue weighted by molar-refractivity contribution is 0.100. The Hall–Kier alpha value is -2.33. The predicted molar refractivity (Wildman–Crippen MR) is 92.8 cm³/mol. The number of benzene rings is 2. The predicted octanol–water partition coefficient (Wildman–Crippen LogP) is 3.79. The van der Waals surface area contributed by atoms with E-state index in [-0.39, 0.29) is 0 Å². The summed E-state index contributed by atoms with van der Waals surface area (Å²) < 4.78 is 2.12. The molecular weight excluding hydrogens is 310 g/mol. The molecule has 4 nitrogen and oxygen atoms in total. The standard InChI is InChI=1S/C18H18ClN3O/c1-2-5-17-21-15-9-8-12(18(20)23)10-16(15)22(17)11-13-6-3-4-7-14(13)19/h3-4,6-10H,2,5,11H2,1H3,(H2,20,23). The molecule has 2 aromatic carbocycles. The van der Waals surface area contributed by atoms with Gasteiger partial charge in [-0.3, -0.25) is 4.79 Å². The molecule has 0 aliphatic heterocycles. The highest BCUT2D eigenvalue weighted by Gasteiger charge is 2.13. The van der Waals surface area contributed by atoms with Crippen LogP contribution in [0.25, 0.3) is 11.0 Å². The maximum atomic E-state index is 11.5. The highest BCUT2D eigenvalue weighted by molar-refractivity contribution is 6.31. The van der Waals surface area contributed by atoms with Crippen molar-refractivity contribution in [2.24, 2.45) is 5.73 Å². The zero-order valence-corrected chi connectivity index (χ0v) is 13.7. The van der Waals surface area contributed by atoms with Crippen LogP contribution in [-0.4, -0.2) is 15.5 Å². The second kappa shape index (κ2) is 6.42. The number of carbonyl (C=O) groups excluding carboxylic acids is 1. The van der Waals surface area contributed by atoms with E-state index >= 15 is 0 Å². The maximum Gasteiger partial charge on any atom is 0.248 e. The van der Waals surface area contributed by atoms with Crippen molar-refractivity contribution in [2.75, 3.05) is 0 Å². The number of nitrogens with two attached hydrogens (primary N) is 1. The van der Waals surface area contributed by atoms with Crippen LogP contribution < -0.4 is 5.73 Å². The summed E-state index contributed by atoms with van der Waals surface area (Å²) in [5.74, 6) is 0.554. The van der Waals surface area contributed by atoms with Crippen molar-refractivity contribution in [2.45, 2.75) is 26.3 Å². The van der Waals surface area contributed by atoms with Crippen molar-refractivity contribution in [1.82, 2.24) is 9.55 Å². The summed E-state index contributed by atoms with van der Waals surface area (Å²) in [6.07, 6.45) is 1.86. The monoisotopic (exact) mass is 327 g/mol. The van der Waals surface area contributed by atoms with Gasteiger partial charge in [0.15, 0.2) is 0 Å². The third-order valence-corrected chi connectivity index (χ3v) is 4.24. The minimum atomic E-state index is -0.436. The second-order valence-electron chi connectivity index (χ2n) is 5.52. The van der Waals surface area contributed by atoms with Gasteiger partial charge in [-0.05, 0) is 36.2 Å². The van der Waals surface area contributed by atoms with Crippen molar-refractivity contribution in [1.29, 1.82) is 0 Å². The Labute approximate surface area is 139 Å². The molecule has 0 fully saturated rings. The molecule has 2 N–H and O–H groups in total. The number of nitrogens with zero attached hydrogens (tertiary/aromatic N) is 2. The highest BCUT2D eigenvalue weighted by atomic mass is 35.5. The summed E-state index contributed by atoms with van der Waals surface area (Å²) in [5.41, 5.74) is 8.69. The van der Waals surface area contributed by atoms with Gasteiger partial charge >= 0.3 is 0 Å². The van der Waals surface area contributed by atoms with Gasteiger partial charge in [0, 0.05) is 17.0 Å². The van der Waals surface area contributed by atoms with Crippen molar-refractivity contribution in [3.05, 3.63) is 64.4 Å². The molecule has 0 bridgehead atoms. The molecule has 118 valence electrons. The molecule has 3 aromatic rings. The van der Waals surface area contributed by atoms with Crippen LogP contribution in [0.3, 0.4) is 0 Å². The van der Waals surface area contributed by atoms with Crippen LogP contribution in [0.5, 0.6) is 0 Å². The van der Waals surface area contributed by atoms with E-state index < -0.39 is 5.91 Å². The Balaban J connectivity index is 2.15. The molecule has 1 amide bonds. The quantitative estimate of drug-likeness (QED) is 0.775. The number of rotatable bonds is 5. The van der Waals surface area contributed by atoms with Gasteiger partial charge in [0.25, 0.3) is 0 Å². The number of amides is 1. The molecule has 0 spiro atoms. The zero-order valence-electron chi connectivity index (χ0n) is 12.9. The van der Waals surface area contributed by atoms with E-state index in [9.17, 15) is 4.79 Å². The van der Waals surface area contributed by atoms with Gasteiger partial charge in [-0.25, -0.2) is 4.98 Å². The molecule has 0 unspecified atom stereocenters. The third-order valence-electron chi connectivity index (χ3n) is 3.87. The number of imidazole rings is 1. The number of hydrogen-bond acceptors (Lipinski definition) is 2. The Morgan fingerprint density at radius 2 is 2.04 bits per heavy atom. The van der Waals surface area contributed by atoms with Gasteiger partial charge in [-0.15, -0.1) is 0 Å². The number of aromatic nitrogens is 2. The van der Waals surface area contributed by atoms with Crippen LogP contribution in [0.1, 0.15) is 35.1 Å². The molecule has 0 saturated heterocycles. The van der Waals surface area contributed by atoms with Crippen LogP contribution in [0, 0.1) is 0 Å². The molecule has 0 atom stereocenters. The van der Waals surface area contributed by atoms with E-state index in [0.717, 1.165) is 40.3 Å². The molecule has 0 aliphatic carbocycles. The van der Waals surface area contributed by atoms with Gasteiger partial charge in [0.2, 0.25) is 5.91 Å². The van der Waals surface area contributed by atoms with Crippen molar-refractivity contribution >= 4 is 28.5 Å². The first kappa shape index (κ1) is 15.6. The fourth-order valence-electron chi connectivity index (χ4n) is 2.71. The lowest BCUT2D eigenvalue weighted by Gasteiger charge is -2.10. The van der Waals surface area contributed by atoms with Crippen LogP contribution in [0.4, 0.5) is 0 Å². The Kier molecular flexibility index (Phi) is 4.35. The number of hydrogen-bond donors (Lipinski definition) is 1. The van der Waals surface area contributed by atoms with Gasteiger partial charge < -0.3 is 10.3 Å². The van der Waals surface area contributed by atoms with E-state index in [4.69, 9.17) is 22.3 Å². The largest absolute Gasteiger partial charge is 0.366 e. The lowest BCUT2D eigenvalue weighted by atomic mass is 10.1. The average Bonchev–Trinajstić information content (AvgIpc) is 2.87. The molecule has 0 radical (unpaired) electrons. The number of halogens is 1. The minimum absolute atomic E-state index is 0.436. The highest BCUT2D eigenvalue weighted by Crippen LogP contribution is 2.23. The number of carbonyl (C=O) groups is 1. The van der Waals surface area contributed by atoms with Crippen molar-refractivity contribution in [3.63, 3.8) is 0 Å². The molecule has 1 heterocycles. The first-order valence-electron chi connectivity index (χ1n) is 7.62. The molecule has 5 heteroatoms. The molecule has 23 heavy (non-hydrogen) atoms. The SMILES string of the molecule is CCCc1nc2ccc(C(N)=O)cc2n1Cc1ccccc1Cl. The molecular formula is C18H18ClN3O. The van der Waals surface area contributed by atoms with Crippen LogP contribution in [0.15, 0.2) is 42.5 Å². The van der Waals surface area contributed by atoms with E-state index in [1.54, 1.807) is 12.1 Å². The number of primary amides is 1. The molecule has 1 aromatic heterocycles. The van der Waals surface area contributed by atoms with E-state index in [1.807, 2.05) is 30.3 Å². The lowest BCUT2D eigenvalue weighted by Crippen LogP contribution is -2.11. The summed E-state index contributed by atoms with van der Waals surface area (Å²) in [4.78, 5) is 16.2. The van der Waals surface area contributed by atoms with E-state index in [0.29, 0.717) is 12.1 Å². The normalized spacial score (nSPS) is 11.0. The summed E-state index contributed by atoms with van der Waals surface area (Å²) >= 11 is 6.30.